The number of ether oxygens (including phenoxy) is 3. The number of carbonyl (C=O) groups excluding carboxylic acids is 2. The summed E-state index contributed by atoms with van der Waals surface area (Å²) in [5.41, 5.74) is 1.98. The SMILES string of the molecule is COc1cc2c(cc1OC)CN(C(=O)COC(=O)c1ccc([N+](=O)[O-])o1)CC2. The Morgan fingerprint density at radius 1 is 1.18 bits per heavy atom. The molecule has 0 N–H and O–H groups in total. The van der Waals surface area contributed by atoms with Gasteiger partial charge in [-0.25, -0.2) is 4.79 Å². The second-order valence-corrected chi connectivity index (χ2v) is 6.01. The van der Waals surface area contributed by atoms with Crippen LogP contribution in [0.3, 0.4) is 0 Å². The molecule has 28 heavy (non-hydrogen) atoms. The summed E-state index contributed by atoms with van der Waals surface area (Å²) in [7, 11) is 3.10. The molecule has 0 saturated heterocycles. The monoisotopic (exact) mass is 390 g/mol. The topological polar surface area (TPSA) is 121 Å². The largest absolute Gasteiger partial charge is 0.493 e. The van der Waals surface area contributed by atoms with E-state index in [1.807, 2.05) is 12.1 Å². The molecule has 0 atom stereocenters. The van der Waals surface area contributed by atoms with E-state index in [1.54, 1.807) is 12.0 Å². The van der Waals surface area contributed by atoms with Crippen LogP contribution in [0.15, 0.2) is 28.7 Å². The summed E-state index contributed by atoms with van der Waals surface area (Å²) in [4.78, 5) is 35.6. The minimum absolute atomic E-state index is 0.333. The predicted octanol–water partition coefficient (Wildman–Crippen LogP) is 1.95. The van der Waals surface area contributed by atoms with Crippen LogP contribution in [0.4, 0.5) is 5.88 Å². The Labute approximate surface area is 159 Å². The van der Waals surface area contributed by atoms with Gasteiger partial charge in [-0.05, 0) is 35.7 Å². The van der Waals surface area contributed by atoms with Crippen LogP contribution in [-0.4, -0.2) is 49.1 Å². The van der Waals surface area contributed by atoms with Gasteiger partial charge in [0.1, 0.15) is 4.92 Å². The number of methoxy groups -OCH3 is 2. The predicted molar refractivity (Wildman–Crippen MR) is 94.3 cm³/mol. The van der Waals surface area contributed by atoms with Crippen LogP contribution in [0.5, 0.6) is 11.5 Å². The van der Waals surface area contributed by atoms with Crippen molar-refractivity contribution in [1.29, 1.82) is 0 Å². The molecule has 0 spiro atoms. The van der Waals surface area contributed by atoms with Crippen molar-refractivity contribution in [2.24, 2.45) is 0 Å². The Kier molecular flexibility index (Phi) is 5.48. The average molecular weight is 390 g/mol. The summed E-state index contributed by atoms with van der Waals surface area (Å²) in [6.07, 6.45) is 0.625. The molecule has 0 saturated carbocycles. The first-order valence-electron chi connectivity index (χ1n) is 8.35. The first kappa shape index (κ1) is 19.2. The minimum atomic E-state index is -0.940. The molecule has 10 nitrogen and oxygen atoms in total. The van der Waals surface area contributed by atoms with Crippen molar-refractivity contribution < 1.29 is 33.1 Å². The molecular formula is C18H18N2O8. The van der Waals surface area contributed by atoms with Gasteiger partial charge in [0, 0.05) is 13.1 Å². The average Bonchev–Trinajstić information content (AvgIpc) is 3.21. The Morgan fingerprint density at radius 3 is 2.46 bits per heavy atom. The van der Waals surface area contributed by atoms with Gasteiger partial charge < -0.3 is 23.5 Å². The second-order valence-electron chi connectivity index (χ2n) is 6.01. The number of carbonyl (C=O) groups is 2. The Morgan fingerprint density at radius 2 is 1.86 bits per heavy atom. The van der Waals surface area contributed by atoms with Crippen LogP contribution in [0.1, 0.15) is 21.7 Å². The number of nitro groups is 1. The molecule has 10 heteroatoms. The number of benzene rings is 1. The van der Waals surface area contributed by atoms with Crippen LogP contribution in [0.25, 0.3) is 0 Å². The molecule has 1 aliphatic rings. The first-order valence-corrected chi connectivity index (χ1v) is 8.35. The molecule has 0 aliphatic carbocycles. The molecule has 1 amide bonds. The summed E-state index contributed by atoms with van der Waals surface area (Å²) < 4.78 is 20.2. The summed E-state index contributed by atoms with van der Waals surface area (Å²) in [6.45, 7) is 0.319. The fraction of sp³-hybridized carbons (Fsp3) is 0.333. The number of fused-ring (bicyclic) bond motifs is 1. The van der Waals surface area contributed by atoms with Gasteiger partial charge in [-0.2, -0.15) is 0 Å². The number of hydrogen-bond donors (Lipinski definition) is 0. The highest BCUT2D eigenvalue weighted by Gasteiger charge is 2.25. The minimum Gasteiger partial charge on any atom is -0.493 e. The summed E-state index contributed by atoms with van der Waals surface area (Å²) in [5.74, 6) is -1.03. The molecule has 1 aliphatic heterocycles. The highest BCUT2D eigenvalue weighted by atomic mass is 16.7. The Balaban J connectivity index is 1.61. The van der Waals surface area contributed by atoms with Crippen LogP contribution < -0.4 is 9.47 Å². The summed E-state index contributed by atoms with van der Waals surface area (Å²) in [6, 6.07) is 5.88. The van der Waals surface area contributed by atoms with Crippen LogP contribution in [0.2, 0.25) is 0 Å². The molecule has 1 aromatic carbocycles. The van der Waals surface area contributed by atoms with Gasteiger partial charge in [-0.15, -0.1) is 0 Å². The van der Waals surface area contributed by atoms with Crippen LogP contribution in [0, 0.1) is 10.1 Å². The second kappa shape index (κ2) is 7.99. The number of nitrogens with zero attached hydrogens (tertiary/aromatic N) is 2. The quantitative estimate of drug-likeness (QED) is 0.417. The fourth-order valence-electron chi connectivity index (χ4n) is 2.92. The van der Waals surface area contributed by atoms with E-state index in [-0.39, 0.29) is 11.7 Å². The third kappa shape index (κ3) is 3.90. The van der Waals surface area contributed by atoms with E-state index in [4.69, 9.17) is 18.6 Å². The highest BCUT2D eigenvalue weighted by molar-refractivity contribution is 5.89. The molecule has 0 unspecified atom stereocenters. The number of furan rings is 1. The highest BCUT2D eigenvalue weighted by Crippen LogP contribution is 2.33. The molecule has 0 radical (unpaired) electrons. The van der Waals surface area contributed by atoms with Gasteiger partial charge in [0.05, 0.1) is 20.3 Å². The zero-order valence-electron chi connectivity index (χ0n) is 15.3. The lowest BCUT2D eigenvalue weighted by Crippen LogP contribution is -2.38. The smallest absolute Gasteiger partial charge is 0.433 e. The van der Waals surface area contributed by atoms with E-state index in [1.165, 1.54) is 7.11 Å². The lowest BCUT2D eigenvalue weighted by Gasteiger charge is -2.29. The first-order chi connectivity index (χ1) is 13.4. The van der Waals surface area contributed by atoms with E-state index in [0.29, 0.717) is 31.0 Å². The standard InChI is InChI=1S/C18H18N2O8/c1-25-14-7-11-5-6-19(9-12(11)8-15(14)26-2)16(21)10-27-18(22)13-3-4-17(28-13)20(23)24/h3-4,7-8H,5-6,9-10H2,1-2H3. The molecular weight excluding hydrogens is 372 g/mol. The molecule has 2 heterocycles. The van der Waals surface area contributed by atoms with Crippen molar-refractivity contribution in [2.75, 3.05) is 27.4 Å². The third-order valence-electron chi connectivity index (χ3n) is 4.37. The lowest BCUT2D eigenvalue weighted by atomic mass is 9.99. The maximum absolute atomic E-state index is 12.4. The number of hydrogen-bond acceptors (Lipinski definition) is 8. The van der Waals surface area contributed by atoms with Crippen LogP contribution >= 0.6 is 0 Å². The van der Waals surface area contributed by atoms with Crippen molar-refractivity contribution >= 4 is 17.8 Å². The lowest BCUT2D eigenvalue weighted by molar-refractivity contribution is -0.402. The zero-order chi connectivity index (χ0) is 20.3. The van der Waals surface area contributed by atoms with E-state index in [9.17, 15) is 19.7 Å². The number of rotatable bonds is 6. The summed E-state index contributed by atoms with van der Waals surface area (Å²) in [5, 5.41) is 10.6. The maximum Gasteiger partial charge on any atom is 0.433 e. The normalized spacial score (nSPS) is 12.9. The van der Waals surface area contributed by atoms with E-state index < -0.39 is 23.4 Å². The van der Waals surface area contributed by atoms with Gasteiger partial charge in [0.15, 0.2) is 18.1 Å². The molecule has 0 fully saturated rings. The Bertz CT molecular complexity index is 920. The Hall–Kier alpha value is -3.56. The third-order valence-corrected chi connectivity index (χ3v) is 4.37. The van der Waals surface area contributed by atoms with Crippen molar-refractivity contribution in [3.8, 4) is 11.5 Å². The van der Waals surface area contributed by atoms with Crippen molar-refractivity contribution in [3.05, 3.63) is 51.3 Å². The van der Waals surface area contributed by atoms with E-state index >= 15 is 0 Å². The van der Waals surface area contributed by atoms with E-state index in [0.717, 1.165) is 23.3 Å². The summed E-state index contributed by atoms with van der Waals surface area (Å²) >= 11 is 0. The molecule has 2 aromatic rings. The maximum atomic E-state index is 12.4. The van der Waals surface area contributed by atoms with Gasteiger partial charge in [0.25, 0.3) is 5.91 Å². The molecule has 3 rings (SSSR count). The molecule has 148 valence electrons. The van der Waals surface area contributed by atoms with Gasteiger partial charge >= 0.3 is 11.9 Å². The number of esters is 1. The van der Waals surface area contributed by atoms with Gasteiger partial charge in [-0.3, -0.25) is 14.9 Å². The molecule has 0 bridgehead atoms. The van der Waals surface area contributed by atoms with Crippen molar-refractivity contribution in [1.82, 2.24) is 4.90 Å². The van der Waals surface area contributed by atoms with Gasteiger partial charge in [-0.1, -0.05) is 0 Å². The van der Waals surface area contributed by atoms with Crippen LogP contribution in [-0.2, 0) is 22.5 Å². The van der Waals surface area contributed by atoms with Gasteiger partial charge in [0.2, 0.25) is 5.76 Å². The van der Waals surface area contributed by atoms with E-state index in [2.05, 4.69) is 0 Å². The molecule has 1 aromatic heterocycles. The van der Waals surface area contributed by atoms with Crippen molar-refractivity contribution in [3.63, 3.8) is 0 Å². The zero-order valence-corrected chi connectivity index (χ0v) is 15.3. The van der Waals surface area contributed by atoms with Crippen molar-refractivity contribution in [2.45, 2.75) is 13.0 Å². The number of amides is 1. The fourth-order valence-corrected chi connectivity index (χ4v) is 2.92.